The second kappa shape index (κ2) is 7.20. The Morgan fingerprint density at radius 2 is 2.00 bits per heavy atom. The lowest BCUT2D eigenvalue weighted by atomic mass is 10.2. The normalized spacial score (nSPS) is 19.7. The van der Waals surface area contributed by atoms with Gasteiger partial charge in [0.2, 0.25) is 0 Å². The average molecular weight is 334 g/mol. The Balaban J connectivity index is 0.00000128. The van der Waals surface area contributed by atoms with Crippen LogP contribution in [0.15, 0.2) is 24.0 Å². The largest absolute Gasteiger partial charge is 0.374 e. The maximum absolute atomic E-state index is 2.51. The second-order valence-corrected chi connectivity index (χ2v) is 4.49. The molecular weight excluding hydrogens is 311 g/mol. The molecule has 0 aliphatic carbocycles. The van der Waals surface area contributed by atoms with Crippen LogP contribution in [0.2, 0.25) is 0 Å². The number of likely N-dealkylation sites (tertiary alicyclic amines) is 1. The van der Waals surface area contributed by atoms with E-state index in [4.69, 9.17) is 0 Å². The molecule has 0 aromatic carbocycles. The molecule has 0 N–H and O–H groups in total. The molecule has 0 amide bonds. The minimum atomic E-state index is 0. The second-order valence-electron chi connectivity index (χ2n) is 4.49. The van der Waals surface area contributed by atoms with Gasteiger partial charge in [-0.25, -0.2) is 0 Å². The highest BCUT2D eigenvalue weighted by molar-refractivity contribution is 14.0. The summed E-state index contributed by atoms with van der Waals surface area (Å²) in [4.78, 5) is 4.91. The molecule has 92 valence electrons. The highest BCUT2D eigenvalue weighted by Gasteiger charge is 2.14. The lowest BCUT2D eigenvalue weighted by molar-refractivity contribution is 0.377. The van der Waals surface area contributed by atoms with Crippen LogP contribution in [0.1, 0.15) is 32.6 Å². The Morgan fingerprint density at radius 1 is 1.25 bits per heavy atom. The molecule has 2 nitrogen and oxygen atoms in total. The van der Waals surface area contributed by atoms with Crippen molar-refractivity contribution < 1.29 is 0 Å². The molecule has 1 saturated heterocycles. The highest BCUT2D eigenvalue weighted by atomic mass is 127. The molecule has 0 atom stereocenters. The zero-order valence-corrected chi connectivity index (χ0v) is 12.5. The zero-order valence-electron chi connectivity index (χ0n) is 10.2. The number of halogens is 1. The third-order valence-corrected chi connectivity index (χ3v) is 3.26. The van der Waals surface area contributed by atoms with Crippen LogP contribution < -0.4 is 0 Å². The molecule has 0 bridgehead atoms. The molecule has 16 heavy (non-hydrogen) atoms. The fourth-order valence-corrected chi connectivity index (χ4v) is 2.26. The molecule has 2 heterocycles. The predicted octanol–water partition coefficient (Wildman–Crippen LogP) is 3.21. The highest BCUT2D eigenvalue weighted by Crippen LogP contribution is 2.18. The van der Waals surface area contributed by atoms with E-state index in [0.29, 0.717) is 0 Å². The Bertz CT molecular complexity index is 255. The Morgan fingerprint density at radius 3 is 2.56 bits per heavy atom. The smallest absolute Gasteiger partial charge is 0.0376 e. The van der Waals surface area contributed by atoms with Crippen molar-refractivity contribution >= 4 is 24.0 Å². The quantitative estimate of drug-likeness (QED) is 0.729. The van der Waals surface area contributed by atoms with Crippen molar-refractivity contribution in [3.63, 3.8) is 0 Å². The van der Waals surface area contributed by atoms with Gasteiger partial charge in [0, 0.05) is 38.1 Å². The molecular formula is C13H23IN2. The zero-order chi connectivity index (χ0) is 10.5. The van der Waals surface area contributed by atoms with E-state index >= 15 is 0 Å². The minimum absolute atomic E-state index is 0. The van der Waals surface area contributed by atoms with Crippen molar-refractivity contribution in [3.05, 3.63) is 24.0 Å². The van der Waals surface area contributed by atoms with E-state index in [1.54, 1.807) is 0 Å². The van der Waals surface area contributed by atoms with Crippen molar-refractivity contribution in [2.45, 2.75) is 32.6 Å². The molecule has 3 heteroatoms. The van der Waals surface area contributed by atoms with Crippen LogP contribution in [0.5, 0.6) is 0 Å². The summed E-state index contributed by atoms with van der Waals surface area (Å²) in [6.07, 6.45) is 12.2. The molecule has 0 saturated carbocycles. The van der Waals surface area contributed by atoms with E-state index in [0.717, 1.165) is 6.54 Å². The van der Waals surface area contributed by atoms with Crippen LogP contribution >= 0.6 is 24.0 Å². The SMILES string of the molecule is CCCCN1C=CC(N2CCCC2)=CC1.I. The standard InChI is InChI=1S/C13H22N2.HI/c1-2-3-8-14-11-6-13(7-12-14)15-9-4-5-10-15;/h6-7,11H,2-5,8-10,12H2,1H3;1H. The topological polar surface area (TPSA) is 6.48 Å². The molecule has 0 aromatic heterocycles. The average Bonchev–Trinajstić information content (AvgIpc) is 2.80. The van der Waals surface area contributed by atoms with E-state index in [-0.39, 0.29) is 24.0 Å². The number of rotatable bonds is 4. The van der Waals surface area contributed by atoms with Crippen LogP contribution in [0, 0.1) is 0 Å². The minimum Gasteiger partial charge on any atom is -0.374 e. The monoisotopic (exact) mass is 334 g/mol. The van der Waals surface area contributed by atoms with Crippen molar-refractivity contribution in [1.82, 2.24) is 9.80 Å². The maximum atomic E-state index is 2.51. The summed E-state index contributed by atoms with van der Waals surface area (Å²) in [5.74, 6) is 0. The summed E-state index contributed by atoms with van der Waals surface area (Å²) in [7, 11) is 0. The molecule has 2 aliphatic rings. The van der Waals surface area contributed by atoms with Crippen LogP contribution in [-0.2, 0) is 0 Å². The number of unbranched alkanes of at least 4 members (excludes halogenated alkanes) is 1. The Kier molecular flexibility index (Phi) is 6.24. The van der Waals surface area contributed by atoms with Gasteiger partial charge in [-0.1, -0.05) is 13.3 Å². The molecule has 2 aliphatic heterocycles. The third-order valence-electron chi connectivity index (χ3n) is 3.26. The third kappa shape index (κ3) is 3.68. The van der Waals surface area contributed by atoms with Crippen molar-refractivity contribution in [2.24, 2.45) is 0 Å². The molecule has 0 unspecified atom stereocenters. The number of hydrogen-bond acceptors (Lipinski definition) is 2. The van der Waals surface area contributed by atoms with Gasteiger partial charge in [0.15, 0.2) is 0 Å². The summed E-state index contributed by atoms with van der Waals surface area (Å²) < 4.78 is 0. The molecule has 0 aromatic rings. The summed E-state index contributed by atoms with van der Waals surface area (Å²) in [6, 6.07) is 0. The van der Waals surface area contributed by atoms with Gasteiger partial charge in [-0.2, -0.15) is 0 Å². The fraction of sp³-hybridized carbons (Fsp3) is 0.692. The summed E-state index contributed by atoms with van der Waals surface area (Å²) in [5.41, 5.74) is 1.44. The lowest BCUT2D eigenvalue weighted by Crippen LogP contribution is -2.25. The van der Waals surface area contributed by atoms with E-state index in [9.17, 15) is 0 Å². The number of allylic oxidation sites excluding steroid dienone is 1. The van der Waals surface area contributed by atoms with Gasteiger partial charge >= 0.3 is 0 Å². The van der Waals surface area contributed by atoms with Crippen LogP contribution in [0.25, 0.3) is 0 Å². The lowest BCUT2D eigenvalue weighted by Gasteiger charge is -2.26. The van der Waals surface area contributed by atoms with Gasteiger partial charge in [0.25, 0.3) is 0 Å². The molecule has 0 spiro atoms. The first-order valence-corrected chi connectivity index (χ1v) is 6.27. The Labute approximate surface area is 116 Å². The first kappa shape index (κ1) is 13.9. The van der Waals surface area contributed by atoms with Gasteiger partial charge in [0.1, 0.15) is 0 Å². The van der Waals surface area contributed by atoms with E-state index in [1.807, 2.05) is 0 Å². The summed E-state index contributed by atoms with van der Waals surface area (Å²) in [6.45, 7) is 7.06. The van der Waals surface area contributed by atoms with Crippen LogP contribution in [-0.4, -0.2) is 36.0 Å². The fourth-order valence-electron chi connectivity index (χ4n) is 2.26. The summed E-state index contributed by atoms with van der Waals surface area (Å²) >= 11 is 0. The number of hydrogen-bond donors (Lipinski definition) is 0. The molecule has 2 rings (SSSR count). The van der Waals surface area contributed by atoms with Crippen LogP contribution in [0.3, 0.4) is 0 Å². The van der Waals surface area contributed by atoms with E-state index in [1.165, 1.54) is 51.0 Å². The Hall–Kier alpha value is -0.190. The first-order chi connectivity index (χ1) is 7.40. The van der Waals surface area contributed by atoms with Crippen molar-refractivity contribution in [2.75, 3.05) is 26.2 Å². The number of nitrogens with zero attached hydrogens (tertiary/aromatic N) is 2. The van der Waals surface area contributed by atoms with Crippen molar-refractivity contribution in [3.8, 4) is 0 Å². The van der Waals surface area contributed by atoms with Crippen LogP contribution in [0.4, 0.5) is 0 Å². The van der Waals surface area contributed by atoms with Gasteiger partial charge in [-0.3, -0.25) is 0 Å². The molecule has 0 radical (unpaired) electrons. The van der Waals surface area contributed by atoms with E-state index in [2.05, 4.69) is 35.1 Å². The predicted molar refractivity (Wildman–Crippen MR) is 79.9 cm³/mol. The van der Waals surface area contributed by atoms with Gasteiger partial charge in [-0.15, -0.1) is 24.0 Å². The van der Waals surface area contributed by atoms with Crippen molar-refractivity contribution in [1.29, 1.82) is 0 Å². The summed E-state index contributed by atoms with van der Waals surface area (Å²) in [5, 5.41) is 0. The van der Waals surface area contributed by atoms with E-state index < -0.39 is 0 Å². The van der Waals surface area contributed by atoms with Gasteiger partial charge in [0.05, 0.1) is 0 Å². The van der Waals surface area contributed by atoms with Gasteiger partial charge in [-0.05, 0) is 31.4 Å². The van der Waals surface area contributed by atoms with Gasteiger partial charge < -0.3 is 9.80 Å². The first-order valence-electron chi connectivity index (χ1n) is 6.27. The maximum Gasteiger partial charge on any atom is 0.0376 e. The molecule has 1 fully saturated rings.